The van der Waals surface area contributed by atoms with Crippen LogP contribution in [0.2, 0.25) is 0 Å². The Hall–Kier alpha value is -2.61. The van der Waals surface area contributed by atoms with E-state index in [0.717, 1.165) is 68.3 Å². The van der Waals surface area contributed by atoms with Crippen LogP contribution in [0.4, 0.5) is 0 Å². The number of ether oxygens (including phenoxy) is 2. The molecule has 0 radical (unpaired) electrons. The fourth-order valence-electron chi connectivity index (χ4n) is 4.01. The van der Waals surface area contributed by atoms with Crippen molar-refractivity contribution >= 4 is 11.0 Å². The number of fused-ring (bicyclic) bond motifs is 1. The first-order chi connectivity index (χ1) is 15.2. The molecule has 0 aliphatic carbocycles. The molecule has 7 nitrogen and oxygen atoms in total. The number of benzene rings is 1. The van der Waals surface area contributed by atoms with E-state index in [4.69, 9.17) is 18.3 Å². The van der Waals surface area contributed by atoms with Gasteiger partial charge in [-0.05, 0) is 55.8 Å². The largest absolute Gasteiger partial charge is 0.494 e. The van der Waals surface area contributed by atoms with Crippen molar-refractivity contribution in [3.63, 3.8) is 0 Å². The lowest BCUT2D eigenvalue weighted by Crippen LogP contribution is -2.38. The van der Waals surface area contributed by atoms with E-state index >= 15 is 0 Å². The summed E-state index contributed by atoms with van der Waals surface area (Å²) in [5.41, 5.74) is 1.18. The van der Waals surface area contributed by atoms with Gasteiger partial charge < -0.3 is 18.3 Å². The molecule has 2 aromatic heterocycles. The summed E-state index contributed by atoms with van der Waals surface area (Å²) >= 11 is 0. The standard InChI is InChI=1S/C24H30N2O5/c1-2-29-20-6-7-23-22(16-20)19(15-24(27)31-23)17-26(18-21-5-3-12-30-21)9-4-8-25-10-13-28-14-11-25/h3,5-7,12,15-16H,2,4,8-11,13-14,17-18H2,1H3. The minimum atomic E-state index is -0.335. The van der Waals surface area contributed by atoms with Crippen LogP contribution in [-0.4, -0.2) is 55.8 Å². The van der Waals surface area contributed by atoms with Crippen LogP contribution >= 0.6 is 0 Å². The molecule has 0 amide bonds. The summed E-state index contributed by atoms with van der Waals surface area (Å²) < 4.78 is 22.1. The van der Waals surface area contributed by atoms with Crippen molar-refractivity contribution in [1.29, 1.82) is 0 Å². The highest BCUT2D eigenvalue weighted by molar-refractivity contribution is 5.81. The van der Waals surface area contributed by atoms with Crippen molar-refractivity contribution in [2.75, 3.05) is 46.0 Å². The highest BCUT2D eigenvalue weighted by Gasteiger charge is 2.15. The zero-order valence-corrected chi connectivity index (χ0v) is 18.0. The minimum absolute atomic E-state index is 0.335. The molecule has 1 aromatic carbocycles. The summed E-state index contributed by atoms with van der Waals surface area (Å²) in [5.74, 6) is 1.68. The zero-order chi connectivity index (χ0) is 21.5. The molecule has 1 aliphatic heterocycles. The van der Waals surface area contributed by atoms with Crippen LogP contribution in [0.3, 0.4) is 0 Å². The van der Waals surface area contributed by atoms with E-state index in [1.165, 1.54) is 0 Å². The van der Waals surface area contributed by atoms with E-state index in [9.17, 15) is 4.79 Å². The molecule has 31 heavy (non-hydrogen) atoms. The van der Waals surface area contributed by atoms with E-state index < -0.39 is 0 Å². The van der Waals surface area contributed by atoms with Crippen molar-refractivity contribution in [3.8, 4) is 5.75 Å². The molecule has 7 heteroatoms. The molecule has 3 aromatic rings. The fraction of sp³-hybridized carbons (Fsp3) is 0.458. The Balaban J connectivity index is 1.52. The van der Waals surface area contributed by atoms with Gasteiger partial charge in [0.2, 0.25) is 0 Å². The Morgan fingerprint density at radius 2 is 2.00 bits per heavy atom. The molecular weight excluding hydrogens is 396 g/mol. The van der Waals surface area contributed by atoms with Gasteiger partial charge in [-0.2, -0.15) is 0 Å². The molecule has 0 spiro atoms. The number of hydrogen-bond acceptors (Lipinski definition) is 7. The summed E-state index contributed by atoms with van der Waals surface area (Å²) in [6.45, 7) is 9.37. The first-order valence-electron chi connectivity index (χ1n) is 11.0. The van der Waals surface area contributed by atoms with Crippen LogP contribution < -0.4 is 10.4 Å². The SMILES string of the molecule is CCOc1ccc2oc(=O)cc(CN(CCCN3CCOCC3)Cc3ccco3)c2c1. The summed E-state index contributed by atoms with van der Waals surface area (Å²) in [6, 6.07) is 11.1. The first kappa shape index (κ1) is 21.6. The Morgan fingerprint density at radius 3 is 2.77 bits per heavy atom. The topological polar surface area (TPSA) is 68.3 Å². The minimum Gasteiger partial charge on any atom is -0.494 e. The van der Waals surface area contributed by atoms with Gasteiger partial charge in [-0.3, -0.25) is 9.80 Å². The second kappa shape index (κ2) is 10.6. The smallest absolute Gasteiger partial charge is 0.336 e. The third-order valence-corrected chi connectivity index (χ3v) is 5.52. The Morgan fingerprint density at radius 1 is 1.13 bits per heavy atom. The van der Waals surface area contributed by atoms with Gasteiger partial charge in [-0.25, -0.2) is 4.79 Å². The summed E-state index contributed by atoms with van der Waals surface area (Å²) in [7, 11) is 0. The number of hydrogen-bond donors (Lipinski definition) is 0. The van der Waals surface area contributed by atoms with Gasteiger partial charge in [0.25, 0.3) is 0 Å². The number of morpholine rings is 1. The van der Waals surface area contributed by atoms with Crippen molar-refractivity contribution in [2.24, 2.45) is 0 Å². The predicted octanol–water partition coefficient (Wildman–Crippen LogP) is 3.51. The van der Waals surface area contributed by atoms with E-state index in [0.29, 0.717) is 25.3 Å². The first-order valence-corrected chi connectivity index (χ1v) is 11.0. The molecule has 166 valence electrons. The van der Waals surface area contributed by atoms with Gasteiger partial charge >= 0.3 is 5.63 Å². The van der Waals surface area contributed by atoms with Gasteiger partial charge in [-0.15, -0.1) is 0 Å². The lowest BCUT2D eigenvalue weighted by Gasteiger charge is -2.28. The lowest BCUT2D eigenvalue weighted by molar-refractivity contribution is 0.0358. The molecule has 1 saturated heterocycles. The molecule has 0 bridgehead atoms. The molecule has 4 rings (SSSR count). The molecule has 0 N–H and O–H groups in total. The molecule has 1 aliphatic rings. The molecule has 1 fully saturated rings. The maximum absolute atomic E-state index is 12.2. The van der Waals surface area contributed by atoms with E-state index in [1.54, 1.807) is 18.4 Å². The van der Waals surface area contributed by atoms with Crippen LogP contribution in [-0.2, 0) is 17.8 Å². The monoisotopic (exact) mass is 426 g/mol. The Bertz CT molecular complexity index is 1010. The van der Waals surface area contributed by atoms with E-state index in [2.05, 4.69) is 9.80 Å². The summed E-state index contributed by atoms with van der Waals surface area (Å²) in [5, 5.41) is 0.906. The van der Waals surface area contributed by atoms with E-state index in [-0.39, 0.29) is 5.63 Å². The molecule has 3 heterocycles. The van der Waals surface area contributed by atoms with Crippen LogP contribution in [0.15, 0.2) is 56.3 Å². The van der Waals surface area contributed by atoms with Crippen LogP contribution in [0, 0.1) is 0 Å². The quantitative estimate of drug-likeness (QED) is 0.460. The maximum atomic E-state index is 12.2. The average Bonchev–Trinajstić information content (AvgIpc) is 3.28. The fourth-order valence-corrected chi connectivity index (χ4v) is 4.01. The average molecular weight is 427 g/mol. The third kappa shape index (κ3) is 5.97. The van der Waals surface area contributed by atoms with Gasteiger partial charge in [0.15, 0.2) is 0 Å². The third-order valence-electron chi connectivity index (χ3n) is 5.52. The lowest BCUT2D eigenvalue weighted by atomic mass is 10.1. The molecule has 0 atom stereocenters. The summed E-state index contributed by atoms with van der Waals surface area (Å²) in [4.78, 5) is 16.9. The van der Waals surface area contributed by atoms with Gasteiger partial charge in [0.05, 0.1) is 32.6 Å². The van der Waals surface area contributed by atoms with Crippen LogP contribution in [0.25, 0.3) is 11.0 Å². The van der Waals surface area contributed by atoms with Crippen LogP contribution in [0.5, 0.6) is 5.75 Å². The number of nitrogens with zero attached hydrogens (tertiary/aromatic N) is 2. The highest BCUT2D eigenvalue weighted by atomic mass is 16.5. The molecule has 0 saturated carbocycles. The zero-order valence-electron chi connectivity index (χ0n) is 18.0. The maximum Gasteiger partial charge on any atom is 0.336 e. The van der Waals surface area contributed by atoms with Gasteiger partial charge in [0, 0.05) is 37.6 Å². The van der Waals surface area contributed by atoms with Crippen molar-refractivity contribution < 1.29 is 18.3 Å². The predicted molar refractivity (Wildman–Crippen MR) is 118 cm³/mol. The van der Waals surface area contributed by atoms with Crippen molar-refractivity contribution in [1.82, 2.24) is 9.80 Å². The second-order valence-electron chi connectivity index (χ2n) is 7.78. The van der Waals surface area contributed by atoms with Gasteiger partial charge in [-0.1, -0.05) is 0 Å². The molecule has 0 unspecified atom stereocenters. The highest BCUT2D eigenvalue weighted by Crippen LogP contribution is 2.24. The van der Waals surface area contributed by atoms with Crippen LogP contribution in [0.1, 0.15) is 24.7 Å². The normalized spacial score (nSPS) is 15.0. The Kier molecular flexibility index (Phi) is 7.40. The van der Waals surface area contributed by atoms with E-state index in [1.807, 2.05) is 31.2 Å². The van der Waals surface area contributed by atoms with Crippen molar-refractivity contribution in [3.05, 3.63) is 64.4 Å². The second-order valence-corrected chi connectivity index (χ2v) is 7.78. The van der Waals surface area contributed by atoms with Crippen molar-refractivity contribution in [2.45, 2.75) is 26.4 Å². The summed E-state index contributed by atoms with van der Waals surface area (Å²) in [6.07, 6.45) is 2.73. The van der Waals surface area contributed by atoms with Gasteiger partial charge in [0.1, 0.15) is 17.1 Å². The number of furan rings is 1. The number of rotatable bonds is 10. The Labute approximate surface area is 182 Å². The molecular formula is C24H30N2O5.